The number of aromatic nitrogens is 3. The number of hydrogen-bond acceptors (Lipinski definition) is 7. The molecular weight excluding hydrogens is 328 g/mol. The van der Waals surface area contributed by atoms with Crippen molar-refractivity contribution in [3.05, 3.63) is 40.9 Å². The quantitative estimate of drug-likeness (QED) is 0.726. The van der Waals surface area contributed by atoms with Gasteiger partial charge in [-0.3, -0.25) is 4.79 Å². The lowest BCUT2D eigenvalue weighted by molar-refractivity contribution is 0.0694. The SMILES string of the molecule is Cc1oncc1C(=O)N1CCCC(c2nc(-c3cccs3)no2)C1. The molecule has 0 aromatic carbocycles. The molecule has 0 saturated carbocycles. The molecule has 4 heterocycles. The first-order chi connectivity index (χ1) is 11.7. The van der Waals surface area contributed by atoms with Gasteiger partial charge in [0.05, 0.1) is 17.0 Å². The van der Waals surface area contributed by atoms with E-state index < -0.39 is 0 Å². The van der Waals surface area contributed by atoms with Gasteiger partial charge in [-0.1, -0.05) is 16.4 Å². The van der Waals surface area contributed by atoms with E-state index in [2.05, 4.69) is 15.3 Å². The number of nitrogens with zero attached hydrogens (tertiary/aromatic N) is 4. The molecule has 1 unspecified atom stereocenters. The van der Waals surface area contributed by atoms with Crippen LogP contribution in [0.3, 0.4) is 0 Å². The molecule has 1 aliphatic heterocycles. The molecule has 8 heteroatoms. The summed E-state index contributed by atoms with van der Waals surface area (Å²) in [6, 6.07) is 3.92. The summed E-state index contributed by atoms with van der Waals surface area (Å²) in [6.45, 7) is 3.02. The summed E-state index contributed by atoms with van der Waals surface area (Å²) in [5.41, 5.74) is 0.514. The molecular formula is C16H16N4O3S. The minimum Gasteiger partial charge on any atom is -0.361 e. The van der Waals surface area contributed by atoms with E-state index in [4.69, 9.17) is 9.05 Å². The van der Waals surface area contributed by atoms with Gasteiger partial charge >= 0.3 is 0 Å². The van der Waals surface area contributed by atoms with E-state index in [-0.39, 0.29) is 11.8 Å². The van der Waals surface area contributed by atoms with Gasteiger partial charge in [0.25, 0.3) is 5.91 Å². The number of piperidine rings is 1. The number of carbonyl (C=O) groups excluding carboxylic acids is 1. The van der Waals surface area contributed by atoms with Crippen molar-refractivity contribution in [2.45, 2.75) is 25.7 Å². The van der Waals surface area contributed by atoms with Gasteiger partial charge in [0.15, 0.2) is 0 Å². The summed E-state index contributed by atoms with van der Waals surface area (Å²) in [5, 5.41) is 9.73. The van der Waals surface area contributed by atoms with E-state index in [0.29, 0.717) is 36.1 Å². The Morgan fingerprint density at radius 2 is 2.33 bits per heavy atom. The van der Waals surface area contributed by atoms with Crippen LogP contribution in [0.15, 0.2) is 32.8 Å². The highest BCUT2D eigenvalue weighted by molar-refractivity contribution is 7.13. The minimum atomic E-state index is -0.0588. The lowest BCUT2D eigenvalue weighted by Crippen LogP contribution is -2.39. The fourth-order valence-corrected chi connectivity index (χ4v) is 3.59. The zero-order chi connectivity index (χ0) is 16.5. The average molecular weight is 344 g/mol. The van der Waals surface area contributed by atoms with Crippen LogP contribution in [0.1, 0.15) is 40.8 Å². The Bertz CT molecular complexity index is 839. The van der Waals surface area contributed by atoms with E-state index in [9.17, 15) is 4.79 Å². The summed E-state index contributed by atoms with van der Waals surface area (Å²) in [7, 11) is 0. The normalized spacial score (nSPS) is 18.0. The highest BCUT2D eigenvalue weighted by atomic mass is 32.1. The van der Waals surface area contributed by atoms with Crippen LogP contribution in [-0.2, 0) is 0 Å². The molecule has 1 aliphatic rings. The van der Waals surface area contributed by atoms with Crippen molar-refractivity contribution < 1.29 is 13.8 Å². The zero-order valence-corrected chi connectivity index (χ0v) is 14.0. The molecule has 3 aromatic rings. The van der Waals surface area contributed by atoms with Gasteiger partial charge in [-0.15, -0.1) is 11.3 Å². The zero-order valence-electron chi connectivity index (χ0n) is 13.1. The Morgan fingerprint density at radius 3 is 3.08 bits per heavy atom. The van der Waals surface area contributed by atoms with Crippen LogP contribution in [0.25, 0.3) is 10.7 Å². The Balaban J connectivity index is 1.51. The number of aryl methyl sites for hydroxylation is 1. The predicted octanol–water partition coefficient (Wildman–Crippen LogP) is 3.11. The third-order valence-electron chi connectivity index (χ3n) is 4.22. The first-order valence-electron chi connectivity index (χ1n) is 7.80. The Morgan fingerprint density at radius 1 is 1.42 bits per heavy atom. The van der Waals surface area contributed by atoms with E-state index in [0.717, 1.165) is 17.7 Å². The molecule has 3 aromatic heterocycles. The second kappa shape index (κ2) is 6.20. The van der Waals surface area contributed by atoms with E-state index >= 15 is 0 Å². The molecule has 0 radical (unpaired) electrons. The fourth-order valence-electron chi connectivity index (χ4n) is 2.94. The molecule has 7 nitrogen and oxygen atoms in total. The monoisotopic (exact) mass is 344 g/mol. The summed E-state index contributed by atoms with van der Waals surface area (Å²) in [6.07, 6.45) is 3.30. The second-order valence-corrected chi connectivity index (χ2v) is 6.77. The van der Waals surface area contributed by atoms with Crippen LogP contribution in [0.5, 0.6) is 0 Å². The summed E-state index contributed by atoms with van der Waals surface area (Å²) >= 11 is 1.57. The van der Waals surface area contributed by atoms with Gasteiger partial charge in [-0.25, -0.2) is 0 Å². The van der Waals surface area contributed by atoms with Crippen molar-refractivity contribution in [2.75, 3.05) is 13.1 Å². The van der Waals surface area contributed by atoms with Gasteiger partial charge in [0.1, 0.15) is 11.3 Å². The van der Waals surface area contributed by atoms with Crippen molar-refractivity contribution in [3.8, 4) is 10.7 Å². The largest absolute Gasteiger partial charge is 0.361 e. The number of carbonyl (C=O) groups is 1. The van der Waals surface area contributed by atoms with Crippen LogP contribution in [-0.4, -0.2) is 39.2 Å². The van der Waals surface area contributed by atoms with E-state index in [1.807, 2.05) is 22.4 Å². The molecule has 4 rings (SSSR count). The number of rotatable bonds is 3. The van der Waals surface area contributed by atoms with E-state index in [1.54, 1.807) is 18.3 Å². The summed E-state index contributed by atoms with van der Waals surface area (Å²) in [4.78, 5) is 19.9. The van der Waals surface area contributed by atoms with Gasteiger partial charge < -0.3 is 13.9 Å². The molecule has 0 bridgehead atoms. The molecule has 1 atom stereocenters. The third kappa shape index (κ3) is 2.73. The average Bonchev–Trinajstić information content (AvgIpc) is 3.35. The van der Waals surface area contributed by atoms with Gasteiger partial charge in [-0.2, -0.15) is 4.98 Å². The van der Waals surface area contributed by atoms with Gasteiger partial charge in [-0.05, 0) is 31.2 Å². The summed E-state index contributed by atoms with van der Waals surface area (Å²) in [5.74, 6) is 1.75. The molecule has 0 spiro atoms. The standard InChI is InChI=1S/C16H16N4O3S/c1-10-12(8-17-22-10)16(21)20-6-2-4-11(9-20)15-18-14(19-23-15)13-5-3-7-24-13/h3,5,7-8,11H,2,4,6,9H2,1H3. The summed E-state index contributed by atoms with van der Waals surface area (Å²) < 4.78 is 10.4. The molecule has 24 heavy (non-hydrogen) atoms. The maximum absolute atomic E-state index is 12.6. The molecule has 124 valence electrons. The predicted molar refractivity (Wildman–Crippen MR) is 86.7 cm³/mol. The molecule has 0 aliphatic carbocycles. The molecule has 0 N–H and O–H groups in total. The van der Waals surface area contributed by atoms with Crippen LogP contribution in [0, 0.1) is 6.92 Å². The number of thiophene rings is 1. The van der Waals surface area contributed by atoms with Gasteiger partial charge in [0, 0.05) is 13.1 Å². The maximum atomic E-state index is 12.6. The Kier molecular flexibility index (Phi) is 3.89. The highest BCUT2D eigenvalue weighted by Gasteiger charge is 2.30. The van der Waals surface area contributed by atoms with Crippen molar-refractivity contribution >= 4 is 17.2 Å². The van der Waals surface area contributed by atoms with Crippen molar-refractivity contribution in [1.82, 2.24) is 20.2 Å². The van der Waals surface area contributed by atoms with Crippen LogP contribution < -0.4 is 0 Å². The first kappa shape index (κ1) is 15.1. The van der Waals surface area contributed by atoms with Crippen molar-refractivity contribution in [3.63, 3.8) is 0 Å². The first-order valence-corrected chi connectivity index (χ1v) is 8.68. The lowest BCUT2D eigenvalue weighted by Gasteiger charge is -2.30. The van der Waals surface area contributed by atoms with Crippen molar-refractivity contribution in [2.24, 2.45) is 0 Å². The topological polar surface area (TPSA) is 85.3 Å². The maximum Gasteiger partial charge on any atom is 0.259 e. The number of amides is 1. The molecule has 1 fully saturated rings. The Labute approximate surface area is 142 Å². The molecule has 1 saturated heterocycles. The van der Waals surface area contributed by atoms with Crippen molar-refractivity contribution in [1.29, 1.82) is 0 Å². The molecule has 1 amide bonds. The van der Waals surface area contributed by atoms with Crippen LogP contribution >= 0.6 is 11.3 Å². The van der Waals surface area contributed by atoms with Crippen LogP contribution in [0.2, 0.25) is 0 Å². The van der Waals surface area contributed by atoms with Crippen LogP contribution in [0.4, 0.5) is 0 Å². The number of likely N-dealkylation sites (tertiary alicyclic amines) is 1. The highest BCUT2D eigenvalue weighted by Crippen LogP contribution is 2.29. The Hall–Kier alpha value is -2.48. The number of hydrogen-bond donors (Lipinski definition) is 0. The third-order valence-corrected chi connectivity index (χ3v) is 5.09. The lowest BCUT2D eigenvalue weighted by atomic mass is 9.97. The smallest absolute Gasteiger partial charge is 0.259 e. The van der Waals surface area contributed by atoms with Gasteiger partial charge in [0.2, 0.25) is 11.7 Å². The minimum absolute atomic E-state index is 0.0588. The fraction of sp³-hybridized carbons (Fsp3) is 0.375. The van der Waals surface area contributed by atoms with E-state index in [1.165, 1.54) is 6.20 Å². The second-order valence-electron chi connectivity index (χ2n) is 5.82.